The molecule has 1 aromatic rings. The van der Waals surface area contributed by atoms with Crippen molar-refractivity contribution in [1.29, 1.82) is 0 Å². The van der Waals surface area contributed by atoms with Crippen molar-refractivity contribution < 1.29 is 10.2 Å². The van der Waals surface area contributed by atoms with Crippen molar-refractivity contribution in [1.82, 2.24) is 0 Å². The number of hydrogen-bond acceptors (Lipinski definition) is 2. The van der Waals surface area contributed by atoms with Crippen LogP contribution in [0.4, 0.5) is 5.69 Å². The Bertz CT molecular complexity index is 400. The van der Waals surface area contributed by atoms with Crippen molar-refractivity contribution in [3.05, 3.63) is 29.7 Å². The molecule has 0 aromatic heterocycles. The van der Waals surface area contributed by atoms with Crippen molar-refractivity contribution in [3.63, 3.8) is 0 Å². The van der Waals surface area contributed by atoms with E-state index in [0.29, 0.717) is 18.8 Å². The summed E-state index contributed by atoms with van der Waals surface area (Å²) in [7, 11) is 0. The van der Waals surface area contributed by atoms with E-state index in [1.54, 1.807) is 0 Å². The van der Waals surface area contributed by atoms with Gasteiger partial charge in [0.2, 0.25) is 0 Å². The van der Waals surface area contributed by atoms with Crippen LogP contribution in [0.2, 0.25) is 0 Å². The number of benzene rings is 1. The van der Waals surface area contributed by atoms with E-state index >= 15 is 0 Å². The van der Waals surface area contributed by atoms with Gasteiger partial charge in [-0.2, -0.15) is 0 Å². The SMILES string of the molecule is [2H]c1c([2H])c(C2CCOC2)c([2H])c([2H])c1N. The van der Waals surface area contributed by atoms with Gasteiger partial charge in [-0.15, -0.1) is 0 Å². The Kier molecular flexibility index (Phi) is 1.12. The Hall–Kier alpha value is -1.02. The Morgan fingerprint density at radius 3 is 2.75 bits per heavy atom. The van der Waals surface area contributed by atoms with E-state index in [2.05, 4.69) is 0 Å². The molecule has 1 saturated heterocycles. The van der Waals surface area contributed by atoms with Gasteiger partial charge >= 0.3 is 0 Å². The van der Waals surface area contributed by atoms with E-state index < -0.39 is 0 Å². The molecule has 0 saturated carbocycles. The molecule has 1 atom stereocenters. The van der Waals surface area contributed by atoms with Crippen LogP contribution >= 0.6 is 0 Å². The second-order valence-corrected chi connectivity index (χ2v) is 2.89. The van der Waals surface area contributed by atoms with Crippen molar-refractivity contribution in [3.8, 4) is 0 Å². The first-order chi connectivity index (χ1) is 7.54. The van der Waals surface area contributed by atoms with Crippen LogP contribution in [0, 0.1) is 0 Å². The lowest BCUT2D eigenvalue weighted by Crippen LogP contribution is -1.97. The zero-order chi connectivity index (χ0) is 11.9. The number of anilines is 1. The summed E-state index contributed by atoms with van der Waals surface area (Å²) < 4.78 is 36.1. The zero-order valence-electron chi connectivity index (χ0n) is 10.7. The molecule has 0 bridgehead atoms. The molecule has 2 heteroatoms. The minimum atomic E-state index is -0.150. The molecule has 0 spiro atoms. The van der Waals surface area contributed by atoms with Gasteiger partial charge in [0.25, 0.3) is 0 Å². The molecule has 1 aliphatic heterocycles. The Morgan fingerprint density at radius 1 is 1.42 bits per heavy atom. The number of ether oxygens (including phenoxy) is 1. The highest BCUT2D eigenvalue weighted by atomic mass is 16.5. The second-order valence-electron chi connectivity index (χ2n) is 2.89. The molecule has 12 heavy (non-hydrogen) atoms. The van der Waals surface area contributed by atoms with Crippen molar-refractivity contribution in [2.75, 3.05) is 18.9 Å². The van der Waals surface area contributed by atoms with Gasteiger partial charge in [-0.05, 0) is 24.1 Å². The minimum absolute atomic E-state index is 0.0333. The summed E-state index contributed by atoms with van der Waals surface area (Å²) >= 11 is 0. The third kappa shape index (κ3) is 1.43. The fourth-order valence-corrected chi connectivity index (χ4v) is 1.30. The standard InChI is InChI=1S/C10H13NO/c11-10-3-1-8(2-4-10)9-5-6-12-7-9/h1-4,9H,5-7,11H2/i1D,2D,3D,4D. The Balaban J connectivity index is 2.59. The van der Waals surface area contributed by atoms with Gasteiger partial charge in [-0.3, -0.25) is 0 Å². The molecule has 0 radical (unpaired) electrons. The molecule has 1 aliphatic rings. The smallest absolute Gasteiger partial charge is 0.0645 e. The first-order valence-electron chi connectivity index (χ1n) is 5.97. The molecule has 1 fully saturated rings. The lowest BCUT2D eigenvalue weighted by molar-refractivity contribution is 0.194. The molecule has 0 aliphatic carbocycles. The summed E-state index contributed by atoms with van der Waals surface area (Å²) in [4.78, 5) is 0. The van der Waals surface area contributed by atoms with E-state index in [4.69, 9.17) is 16.0 Å². The quantitative estimate of drug-likeness (QED) is 0.647. The van der Waals surface area contributed by atoms with E-state index in [0.717, 1.165) is 6.42 Å². The van der Waals surface area contributed by atoms with Crippen LogP contribution in [-0.2, 0) is 4.74 Å². The van der Waals surface area contributed by atoms with Crippen LogP contribution in [0.25, 0.3) is 0 Å². The van der Waals surface area contributed by atoms with E-state index in [9.17, 15) is 0 Å². The average Bonchev–Trinajstić information content (AvgIpc) is 2.77. The molecule has 64 valence electrons. The van der Waals surface area contributed by atoms with Crippen LogP contribution in [-0.4, -0.2) is 13.2 Å². The molecule has 1 aromatic carbocycles. The van der Waals surface area contributed by atoms with Crippen molar-refractivity contribution in [2.45, 2.75) is 12.3 Å². The summed E-state index contributed by atoms with van der Waals surface area (Å²) in [6.45, 7) is 1.06. The molecular formula is C10H13NO. The first kappa shape index (κ1) is 4.28. The maximum atomic E-state index is 7.81. The van der Waals surface area contributed by atoms with Crippen LogP contribution in [0.5, 0.6) is 0 Å². The fraction of sp³-hybridized carbons (Fsp3) is 0.400. The molecule has 2 N–H and O–H groups in total. The fourth-order valence-electron chi connectivity index (χ4n) is 1.30. The van der Waals surface area contributed by atoms with Gasteiger partial charge in [0.1, 0.15) is 0 Å². The normalized spacial score (nSPS) is 27.5. The Labute approximate surface area is 78.0 Å². The highest BCUT2D eigenvalue weighted by Gasteiger charge is 2.16. The maximum absolute atomic E-state index is 7.81. The lowest BCUT2D eigenvalue weighted by atomic mass is 9.98. The van der Waals surface area contributed by atoms with Gasteiger partial charge in [-0.25, -0.2) is 0 Å². The van der Waals surface area contributed by atoms with Crippen LogP contribution in [0.15, 0.2) is 24.2 Å². The van der Waals surface area contributed by atoms with Crippen LogP contribution in [0.3, 0.4) is 0 Å². The number of nitrogens with two attached hydrogens (primary N) is 1. The van der Waals surface area contributed by atoms with Gasteiger partial charge < -0.3 is 10.5 Å². The van der Waals surface area contributed by atoms with Crippen LogP contribution in [0.1, 0.15) is 23.4 Å². The van der Waals surface area contributed by atoms with Gasteiger partial charge in [0.15, 0.2) is 0 Å². The minimum Gasteiger partial charge on any atom is -0.399 e. The zero-order valence-corrected chi connectivity index (χ0v) is 6.68. The van der Waals surface area contributed by atoms with E-state index in [1.807, 2.05) is 0 Å². The van der Waals surface area contributed by atoms with E-state index in [1.165, 1.54) is 0 Å². The molecule has 1 unspecified atom stereocenters. The molecule has 2 rings (SSSR count). The van der Waals surface area contributed by atoms with Gasteiger partial charge in [0, 0.05) is 18.2 Å². The van der Waals surface area contributed by atoms with Crippen LogP contribution < -0.4 is 5.73 Å². The van der Waals surface area contributed by atoms with Gasteiger partial charge in [0.05, 0.1) is 12.1 Å². The summed E-state index contributed by atoms with van der Waals surface area (Å²) in [5, 5.41) is 0. The van der Waals surface area contributed by atoms with Gasteiger partial charge in [-0.1, -0.05) is 12.1 Å². The predicted molar refractivity (Wildman–Crippen MR) is 49.0 cm³/mol. The largest absolute Gasteiger partial charge is 0.399 e. The van der Waals surface area contributed by atoms with Crippen molar-refractivity contribution in [2.24, 2.45) is 0 Å². The predicted octanol–water partition coefficient (Wildman–Crippen LogP) is 1.77. The third-order valence-electron chi connectivity index (χ3n) is 2.00. The topological polar surface area (TPSA) is 35.2 Å². The second kappa shape index (κ2) is 3.15. The molecular weight excluding hydrogens is 150 g/mol. The summed E-state index contributed by atoms with van der Waals surface area (Å²) in [5.74, 6) is -0.0474. The maximum Gasteiger partial charge on any atom is 0.0645 e. The third-order valence-corrected chi connectivity index (χ3v) is 2.00. The molecule has 0 amide bonds. The number of rotatable bonds is 1. The highest BCUT2D eigenvalue weighted by Crippen LogP contribution is 2.25. The lowest BCUT2D eigenvalue weighted by Gasteiger charge is -2.07. The monoisotopic (exact) mass is 167 g/mol. The average molecular weight is 167 g/mol. The highest BCUT2D eigenvalue weighted by molar-refractivity contribution is 5.40. The molecule has 1 heterocycles. The van der Waals surface area contributed by atoms with E-state index in [-0.39, 0.29) is 35.8 Å². The Morgan fingerprint density at radius 2 is 2.17 bits per heavy atom. The summed E-state index contributed by atoms with van der Waals surface area (Å²) in [5.41, 5.74) is 5.85. The summed E-state index contributed by atoms with van der Waals surface area (Å²) in [6, 6.07) is -0.367. The molecule has 2 nitrogen and oxygen atoms in total. The number of nitrogen functional groups attached to an aromatic ring is 1. The summed E-state index contributed by atoms with van der Waals surface area (Å²) in [6.07, 6.45) is 0.737. The number of hydrogen-bond donors (Lipinski definition) is 1. The van der Waals surface area contributed by atoms with Crippen molar-refractivity contribution >= 4 is 5.69 Å². The first-order valence-corrected chi connectivity index (χ1v) is 3.97.